The van der Waals surface area contributed by atoms with E-state index in [0.717, 1.165) is 43.2 Å². The zero-order valence-electron chi connectivity index (χ0n) is 24.4. The zero-order valence-corrected chi connectivity index (χ0v) is 25.3. The average molecular weight is 559 g/mol. The highest BCUT2D eigenvalue weighted by Crippen LogP contribution is 2.62. The molecular weight excluding hydrogens is 516 g/mol. The number of rotatable bonds is 8. The lowest BCUT2D eigenvalue weighted by molar-refractivity contribution is -0.163. The van der Waals surface area contributed by atoms with E-state index in [9.17, 15) is 14.7 Å². The van der Waals surface area contributed by atoms with Gasteiger partial charge < -0.3 is 5.11 Å². The topological polar surface area (TPSA) is 80.2 Å². The van der Waals surface area contributed by atoms with Crippen molar-refractivity contribution in [2.45, 2.75) is 83.9 Å². The molecule has 5 nitrogen and oxygen atoms in total. The number of Topliss-reactive ketones (excluding diaryl/α,β-unsaturated/α-hetero) is 1. The first kappa shape index (κ1) is 28.9. The van der Waals surface area contributed by atoms with Gasteiger partial charge in [0.25, 0.3) is 0 Å². The van der Waals surface area contributed by atoms with Gasteiger partial charge in [-0.3, -0.25) is 9.59 Å². The van der Waals surface area contributed by atoms with Gasteiger partial charge in [-0.05, 0) is 74.5 Å². The van der Waals surface area contributed by atoms with Crippen LogP contribution in [0.3, 0.4) is 0 Å². The molecule has 2 fully saturated rings. The molecule has 6 heteroatoms. The lowest BCUT2D eigenvalue weighted by Crippen LogP contribution is -2.58. The van der Waals surface area contributed by atoms with E-state index in [4.69, 9.17) is 0 Å². The predicted octanol–water partition coefficient (Wildman–Crippen LogP) is 7.18. The third-order valence-electron chi connectivity index (χ3n) is 10.2. The van der Waals surface area contributed by atoms with Crippen LogP contribution >= 0.6 is 11.8 Å². The Balaban J connectivity index is 1.30. The molecule has 3 aliphatic rings. The summed E-state index contributed by atoms with van der Waals surface area (Å²) in [6.45, 7) is 10.7. The van der Waals surface area contributed by atoms with Gasteiger partial charge in [-0.25, -0.2) is 9.97 Å². The fraction of sp³-hybridized carbons (Fsp3) is 0.529. The third kappa shape index (κ3) is 5.14. The molecular formula is C34H42N2O3S. The van der Waals surface area contributed by atoms with Gasteiger partial charge in [0.1, 0.15) is 5.60 Å². The Morgan fingerprint density at radius 2 is 1.85 bits per heavy atom. The second-order valence-corrected chi connectivity index (χ2v) is 13.8. The van der Waals surface area contributed by atoms with Crippen LogP contribution in [0.5, 0.6) is 0 Å². The molecule has 1 heterocycles. The molecule has 4 unspecified atom stereocenters. The van der Waals surface area contributed by atoms with Crippen molar-refractivity contribution >= 4 is 23.3 Å². The summed E-state index contributed by atoms with van der Waals surface area (Å²) >= 11 is 1.31. The number of carbonyl (C=O) groups is 2. The number of carbonyl (C=O) groups excluding carboxylic acids is 2. The minimum atomic E-state index is -1.39. The Hall–Kier alpha value is -2.57. The molecule has 1 aromatic heterocycles. The van der Waals surface area contributed by atoms with Crippen molar-refractivity contribution in [1.82, 2.24) is 9.97 Å². The van der Waals surface area contributed by atoms with Gasteiger partial charge >= 0.3 is 0 Å². The summed E-state index contributed by atoms with van der Waals surface area (Å²) in [7, 11) is 0. The maximum absolute atomic E-state index is 13.8. The summed E-state index contributed by atoms with van der Waals surface area (Å²) in [5.74, 6) is 1.25. The van der Waals surface area contributed by atoms with E-state index in [1.165, 1.54) is 22.9 Å². The SMILES string of the molecule is CCC[C@](O)(C(=O)CSc1ncc(-c2ccc(C)cc2)cn1)C1(C)CCC2C(C[C@H](C)C3=CC(=O)C=CC32C)C1. The minimum Gasteiger partial charge on any atom is -0.381 e. The van der Waals surface area contributed by atoms with Crippen LogP contribution in [0.1, 0.15) is 71.8 Å². The maximum Gasteiger partial charge on any atom is 0.187 e. The molecule has 0 saturated heterocycles. The lowest BCUT2D eigenvalue weighted by Gasteiger charge is -2.58. The molecule has 0 aliphatic heterocycles. The van der Waals surface area contributed by atoms with E-state index in [1.807, 2.05) is 13.0 Å². The smallest absolute Gasteiger partial charge is 0.187 e. The van der Waals surface area contributed by atoms with E-state index in [1.54, 1.807) is 18.5 Å². The lowest BCUT2D eigenvalue weighted by atomic mass is 9.47. The van der Waals surface area contributed by atoms with Crippen LogP contribution in [0, 0.1) is 35.5 Å². The molecule has 6 atom stereocenters. The first-order valence-corrected chi connectivity index (χ1v) is 15.7. The minimum absolute atomic E-state index is 0.0904. The largest absolute Gasteiger partial charge is 0.381 e. The van der Waals surface area contributed by atoms with Gasteiger partial charge in [-0.1, -0.05) is 87.4 Å². The van der Waals surface area contributed by atoms with Crippen molar-refractivity contribution in [3.05, 3.63) is 66.0 Å². The number of benzene rings is 1. The quantitative estimate of drug-likeness (QED) is 0.273. The van der Waals surface area contributed by atoms with Crippen molar-refractivity contribution in [3.8, 4) is 11.1 Å². The van der Waals surface area contributed by atoms with Crippen LogP contribution in [-0.2, 0) is 9.59 Å². The number of fused-ring (bicyclic) bond motifs is 3. The monoisotopic (exact) mass is 558 g/mol. The number of aryl methyl sites for hydroxylation is 1. The second kappa shape index (κ2) is 11.0. The molecule has 212 valence electrons. The van der Waals surface area contributed by atoms with Crippen molar-refractivity contribution in [3.63, 3.8) is 0 Å². The van der Waals surface area contributed by atoms with E-state index in [0.29, 0.717) is 29.3 Å². The summed E-state index contributed by atoms with van der Waals surface area (Å²) in [6, 6.07) is 8.24. The molecule has 0 radical (unpaired) electrons. The number of aromatic nitrogens is 2. The summed E-state index contributed by atoms with van der Waals surface area (Å²) in [5, 5.41) is 12.7. The average Bonchev–Trinajstić information content (AvgIpc) is 2.93. The Kier molecular flexibility index (Phi) is 7.97. The third-order valence-corrected chi connectivity index (χ3v) is 11.1. The second-order valence-electron chi connectivity index (χ2n) is 12.9. The molecule has 2 saturated carbocycles. The van der Waals surface area contributed by atoms with E-state index in [-0.39, 0.29) is 22.7 Å². The fourth-order valence-corrected chi connectivity index (χ4v) is 8.67. The van der Waals surface area contributed by atoms with Gasteiger partial charge in [-0.2, -0.15) is 0 Å². The highest BCUT2D eigenvalue weighted by molar-refractivity contribution is 7.99. The van der Waals surface area contributed by atoms with E-state index < -0.39 is 11.0 Å². The summed E-state index contributed by atoms with van der Waals surface area (Å²) < 4.78 is 0. The van der Waals surface area contributed by atoms with E-state index >= 15 is 0 Å². The normalized spacial score (nSPS) is 31.1. The van der Waals surface area contributed by atoms with Crippen molar-refractivity contribution < 1.29 is 14.7 Å². The highest BCUT2D eigenvalue weighted by Gasteiger charge is 2.58. The van der Waals surface area contributed by atoms with Crippen molar-refractivity contribution in [2.24, 2.45) is 28.6 Å². The Bertz CT molecular complexity index is 1330. The maximum atomic E-state index is 13.8. The number of aliphatic hydroxyl groups is 1. The van der Waals surface area contributed by atoms with Crippen molar-refractivity contribution in [1.29, 1.82) is 0 Å². The number of hydrogen-bond donors (Lipinski definition) is 1. The van der Waals surface area contributed by atoms with Gasteiger partial charge in [-0.15, -0.1) is 0 Å². The van der Waals surface area contributed by atoms with E-state index in [2.05, 4.69) is 68.0 Å². The number of ketones is 2. The molecule has 0 amide bonds. The van der Waals surface area contributed by atoms with Crippen LogP contribution < -0.4 is 0 Å². The molecule has 0 bridgehead atoms. The summed E-state index contributed by atoms with van der Waals surface area (Å²) in [5.41, 5.74) is 2.45. The molecule has 5 rings (SSSR count). The van der Waals surface area contributed by atoms with Crippen LogP contribution in [0.25, 0.3) is 11.1 Å². The van der Waals surface area contributed by atoms with Gasteiger partial charge in [0, 0.05) is 28.8 Å². The first-order valence-electron chi connectivity index (χ1n) is 14.7. The number of thioether (sulfide) groups is 1. The van der Waals surface area contributed by atoms with Crippen LogP contribution in [0.15, 0.2) is 65.6 Å². The molecule has 40 heavy (non-hydrogen) atoms. The zero-order chi connectivity index (χ0) is 28.7. The molecule has 0 spiro atoms. The predicted molar refractivity (Wildman–Crippen MR) is 161 cm³/mol. The van der Waals surface area contributed by atoms with Crippen LogP contribution in [-0.4, -0.2) is 38.0 Å². The number of hydrogen-bond acceptors (Lipinski definition) is 6. The first-order chi connectivity index (χ1) is 19.0. The van der Waals surface area contributed by atoms with Gasteiger partial charge in [0.15, 0.2) is 16.7 Å². The highest BCUT2D eigenvalue weighted by atomic mass is 32.2. The number of allylic oxidation sites excluding steroid dienone is 4. The Labute approximate surface area is 243 Å². The Morgan fingerprint density at radius 3 is 2.52 bits per heavy atom. The number of nitrogens with zero attached hydrogens (tertiary/aromatic N) is 2. The van der Waals surface area contributed by atoms with Crippen LogP contribution in [0.2, 0.25) is 0 Å². The fourth-order valence-electron chi connectivity index (χ4n) is 7.92. The van der Waals surface area contributed by atoms with Crippen molar-refractivity contribution in [2.75, 3.05) is 5.75 Å². The summed E-state index contributed by atoms with van der Waals surface area (Å²) in [4.78, 5) is 35.0. The van der Waals surface area contributed by atoms with Gasteiger partial charge in [0.05, 0.1) is 5.75 Å². The van der Waals surface area contributed by atoms with Crippen LogP contribution in [0.4, 0.5) is 0 Å². The molecule has 1 N–H and O–H groups in total. The Morgan fingerprint density at radius 1 is 1.15 bits per heavy atom. The molecule has 3 aliphatic carbocycles. The van der Waals surface area contributed by atoms with Gasteiger partial charge in [0.2, 0.25) is 0 Å². The molecule has 1 aromatic carbocycles. The summed E-state index contributed by atoms with van der Waals surface area (Å²) in [6.07, 6.45) is 14.1. The standard InChI is InChI=1S/C34H42N2O3S/c1-6-13-34(39,30(38)21-40-31-35-19-26(20-36-31)24-9-7-22(2)8-10-24)32(4)14-12-28-25(18-32)16-23(3)29-17-27(37)11-15-33(28,29)5/h7-11,15,17,19-20,23,25,28,39H,6,12-14,16,18,21H2,1-5H3/t23-,25?,28?,32?,33?,34-/m0/s1. The molecule has 2 aromatic rings.